The molecule has 0 aliphatic rings. The quantitative estimate of drug-likeness (QED) is 0.365. The summed E-state index contributed by atoms with van der Waals surface area (Å²) in [4.78, 5) is 28.0. The van der Waals surface area contributed by atoms with E-state index in [1.807, 2.05) is 97.0 Å². The van der Waals surface area contributed by atoms with E-state index in [0.29, 0.717) is 27.5 Å². The Kier molecular flexibility index (Phi) is 6.00. The van der Waals surface area contributed by atoms with Crippen molar-refractivity contribution in [1.82, 2.24) is 19.2 Å². The van der Waals surface area contributed by atoms with Crippen molar-refractivity contribution in [3.8, 4) is 5.69 Å². The van der Waals surface area contributed by atoms with Gasteiger partial charge in [-0.25, -0.2) is 4.57 Å². The summed E-state index contributed by atoms with van der Waals surface area (Å²) in [5, 5.41) is 12.7. The predicted octanol–water partition coefficient (Wildman–Crippen LogP) is 4.14. The van der Waals surface area contributed by atoms with Crippen molar-refractivity contribution < 1.29 is 4.79 Å². The van der Waals surface area contributed by atoms with Crippen LogP contribution in [-0.4, -0.2) is 44.9 Å². The second-order valence-electron chi connectivity index (χ2n) is 8.39. The normalized spacial score (nSPS) is 11.2. The largest absolute Gasteiger partial charge is 0.378 e. The summed E-state index contributed by atoms with van der Waals surface area (Å²) in [5.41, 5.74) is 4.12. The molecule has 1 amide bonds. The zero-order valence-corrected chi connectivity index (χ0v) is 20.4. The molecule has 0 aliphatic carbocycles. The molecule has 2 aromatic heterocycles. The maximum atomic E-state index is 13.4. The zero-order chi connectivity index (χ0) is 24.5. The topological polar surface area (TPSA) is 84.5 Å². The summed E-state index contributed by atoms with van der Waals surface area (Å²) in [6.07, 6.45) is 0. The number of para-hydroxylation sites is 1. The van der Waals surface area contributed by atoms with Gasteiger partial charge in [0.15, 0.2) is 5.16 Å². The van der Waals surface area contributed by atoms with Crippen LogP contribution >= 0.6 is 11.8 Å². The van der Waals surface area contributed by atoms with Crippen molar-refractivity contribution in [2.75, 3.05) is 30.1 Å². The summed E-state index contributed by atoms with van der Waals surface area (Å²) in [6, 6.07) is 22.7. The number of thioether (sulfide) groups is 1. The molecule has 0 saturated heterocycles. The molecule has 0 unspecified atom stereocenters. The lowest BCUT2D eigenvalue weighted by Gasteiger charge is -2.13. The Morgan fingerprint density at radius 2 is 1.69 bits per heavy atom. The molecule has 8 nitrogen and oxygen atoms in total. The Balaban J connectivity index is 1.48. The van der Waals surface area contributed by atoms with E-state index in [1.54, 1.807) is 10.6 Å². The number of carbonyl (C=O) groups is 1. The van der Waals surface area contributed by atoms with E-state index in [2.05, 4.69) is 15.5 Å². The number of fused-ring (bicyclic) bond motifs is 3. The van der Waals surface area contributed by atoms with Crippen molar-refractivity contribution in [2.45, 2.75) is 12.1 Å². The highest BCUT2D eigenvalue weighted by Crippen LogP contribution is 2.24. The lowest BCUT2D eigenvalue weighted by Crippen LogP contribution is -2.22. The standard InChI is InChI=1S/C26H24N6O2S/c1-17-8-12-20(13-9-17)31-24(34)21-6-4-5-7-22(21)32-25(31)28-29-26(32)35-16-23(33)27-18-10-14-19(15-11-18)30(2)3/h4-15H,16H2,1-3H3,(H,27,33). The minimum absolute atomic E-state index is 0.147. The van der Waals surface area contributed by atoms with Crippen molar-refractivity contribution >= 4 is 45.7 Å². The van der Waals surface area contributed by atoms with E-state index in [9.17, 15) is 9.59 Å². The summed E-state index contributed by atoms with van der Waals surface area (Å²) in [7, 11) is 3.93. The van der Waals surface area contributed by atoms with Crippen LogP contribution in [-0.2, 0) is 4.79 Å². The number of carbonyl (C=O) groups excluding carboxylic acids is 1. The number of rotatable bonds is 6. The summed E-state index contributed by atoms with van der Waals surface area (Å²) in [5.74, 6) is 0.397. The molecule has 0 aliphatic heterocycles. The monoisotopic (exact) mass is 484 g/mol. The van der Waals surface area contributed by atoms with Gasteiger partial charge in [-0.2, -0.15) is 0 Å². The smallest absolute Gasteiger partial charge is 0.267 e. The average Bonchev–Trinajstić information content (AvgIpc) is 3.28. The van der Waals surface area contributed by atoms with Crippen molar-refractivity contribution in [2.24, 2.45) is 0 Å². The molecule has 2 heterocycles. The number of hydrogen-bond donors (Lipinski definition) is 1. The van der Waals surface area contributed by atoms with E-state index < -0.39 is 0 Å². The Morgan fingerprint density at radius 1 is 0.971 bits per heavy atom. The van der Waals surface area contributed by atoms with Crippen LogP contribution in [0.5, 0.6) is 0 Å². The van der Waals surface area contributed by atoms with Crippen LogP contribution in [0, 0.1) is 6.92 Å². The van der Waals surface area contributed by atoms with Gasteiger partial charge in [0.2, 0.25) is 11.7 Å². The fourth-order valence-electron chi connectivity index (χ4n) is 3.87. The van der Waals surface area contributed by atoms with Crippen LogP contribution in [0.4, 0.5) is 11.4 Å². The van der Waals surface area contributed by atoms with Crippen LogP contribution in [0.3, 0.4) is 0 Å². The minimum atomic E-state index is -0.167. The minimum Gasteiger partial charge on any atom is -0.378 e. The number of anilines is 2. The molecule has 0 saturated carbocycles. The molecule has 0 bridgehead atoms. The third-order valence-corrected chi connectivity index (χ3v) is 6.62. The van der Waals surface area contributed by atoms with Gasteiger partial charge in [-0.05, 0) is 55.5 Å². The van der Waals surface area contributed by atoms with Crippen molar-refractivity contribution in [3.05, 3.63) is 88.7 Å². The fourth-order valence-corrected chi connectivity index (χ4v) is 4.61. The van der Waals surface area contributed by atoms with Gasteiger partial charge in [-0.3, -0.25) is 14.0 Å². The average molecular weight is 485 g/mol. The molecule has 35 heavy (non-hydrogen) atoms. The number of amides is 1. The molecular formula is C26H24N6O2S. The molecule has 0 spiro atoms. The van der Waals surface area contributed by atoms with Crippen LogP contribution in [0.25, 0.3) is 22.4 Å². The zero-order valence-electron chi connectivity index (χ0n) is 19.6. The molecule has 5 aromatic rings. The van der Waals surface area contributed by atoms with Crippen molar-refractivity contribution in [1.29, 1.82) is 0 Å². The van der Waals surface area contributed by atoms with Gasteiger partial charge in [0.05, 0.1) is 22.3 Å². The highest BCUT2D eigenvalue weighted by molar-refractivity contribution is 7.99. The first-order valence-corrected chi connectivity index (χ1v) is 12.1. The molecule has 176 valence electrons. The first kappa shape index (κ1) is 22.7. The molecule has 5 rings (SSSR count). The van der Waals surface area contributed by atoms with Gasteiger partial charge in [0, 0.05) is 25.5 Å². The van der Waals surface area contributed by atoms with Gasteiger partial charge in [-0.15, -0.1) is 10.2 Å². The molecule has 0 fully saturated rings. The molecule has 9 heteroatoms. The van der Waals surface area contributed by atoms with Gasteiger partial charge in [0.1, 0.15) is 0 Å². The number of nitrogens with zero attached hydrogens (tertiary/aromatic N) is 5. The summed E-state index contributed by atoms with van der Waals surface area (Å²) in [6.45, 7) is 2.00. The van der Waals surface area contributed by atoms with E-state index in [4.69, 9.17) is 0 Å². The molecule has 0 atom stereocenters. The molecule has 0 radical (unpaired) electrons. The van der Waals surface area contributed by atoms with Crippen LogP contribution in [0.15, 0.2) is 82.7 Å². The maximum absolute atomic E-state index is 13.4. The lowest BCUT2D eigenvalue weighted by molar-refractivity contribution is -0.113. The Labute approximate surface area is 206 Å². The number of aromatic nitrogens is 4. The highest BCUT2D eigenvalue weighted by Gasteiger charge is 2.18. The van der Waals surface area contributed by atoms with Gasteiger partial charge in [-0.1, -0.05) is 41.6 Å². The van der Waals surface area contributed by atoms with Crippen LogP contribution in [0.2, 0.25) is 0 Å². The van der Waals surface area contributed by atoms with E-state index >= 15 is 0 Å². The fraction of sp³-hybridized carbons (Fsp3) is 0.154. The Hall–Kier alpha value is -4.11. The Bertz CT molecular complexity index is 1590. The van der Waals surface area contributed by atoms with E-state index in [1.165, 1.54) is 11.8 Å². The van der Waals surface area contributed by atoms with Crippen LogP contribution < -0.4 is 15.8 Å². The third kappa shape index (κ3) is 4.38. The SMILES string of the molecule is Cc1ccc(-n2c(=O)c3ccccc3n3c(SCC(=O)Nc4ccc(N(C)C)cc4)nnc23)cc1. The first-order valence-electron chi connectivity index (χ1n) is 11.1. The van der Waals surface area contributed by atoms with Gasteiger partial charge in [0.25, 0.3) is 5.56 Å². The number of nitrogens with one attached hydrogen (secondary N) is 1. The molecule has 3 aromatic carbocycles. The predicted molar refractivity (Wildman–Crippen MR) is 141 cm³/mol. The first-order chi connectivity index (χ1) is 16.9. The summed E-state index contributed by atoms with van der Waals surface area (Å²) < 4.78 is 3.39. The number of hydrogen-bond acceptors (Lipinski definition) is 6. The van der Waals surface area contributed by atoms with Crippen LogP contribution in [0.1, 0.15) is 5.56 Å². The van der Waals surface area contributed by atoms with Gasteiger partial charge < -0.3 is 10.2 Å². The molecular weight excluding hydrogens is 460 g/mol. The lowest BCUT2D eigenvalue weighted by atomic mass is 10.2. The molecule has 1 N–H and O–H groups in total. The third-order valence-electron chi connectivity index (χ3n) is 5.69. The number of aryl methyl sites for hydroxylation is 1. The Morgan fingerprint density at radius 3 is 2.40 bits per heavy atom. The van der Waals surface area contributed by atoms with E-state index in [-0.39, 0.29) is 17.2 Å². The van der Waals surface area contributed by atoms with Gasteiger partial charge >= 0.3 is 0 Å². The second-order valence-corrected chi connectivity index (χ2v) is 9.33. The van der Waals surface area contributed by atoms with Crippen molar-refractivity contribution in [3.63, 3.8) is 0 Å². The highest BCUT2D eigenvalue weighted by atomic mass is 32.2. The van der Waals surface area contributed by atoms with E-state index in [0.717, 1.165) is 16.9 Å². The second kappa shape index (κ2) is 9.27. The summed E-state index contributed by atoms with van der Waals surface area (Å²) >= 11 is 1.27. The number of benzene rings is 3. The maximum Gasteiger partial charge on any atom is 0.267 e.